The van der Waals surface area contributed by atoms with Crippen LogP contribution < -0.4 is 20.6 Å². The first-order chi connectivity index (χ1) is 17.0. The normalized spacial score (nSPS) is 14.3. The van der Waals surface area contributed by atoms with Crippen LogP contribution in [0.2, 0.25) is 0 Å². The van der Waals surface area contributed by atoms with Crippen molar-refractivity contribution in [3.8, 4) is 5.75 Å². The number of carbonyl (C=O) groups is 1. The summed E-state index contributed by atoms with van der Waals surface area (Å²) in [5.41, 5.74) is 2.84. The summed E-state index contributed by atoms with van der Waals surface area (Å²) in [5.74, 6) is 0.608. The van der Waals surface area contributed by atoms with E-state index in [2.05, 4.69) is 45.4 Å². The molecule has 4 rings (SSSR count). The van der Waals surface area contributed by atoms with Gasteiger partial charge in [0.05, 0.1) is 7.11 Å². The highest BCUT2D eigenvalue weighted by Gasteiger charge is 2.17. The van der Waals surface area contributed by atoms with Crippen LogP contribution in [0.3, 0.4) is 0 Å². The molecule has 2 aromatic carbocycles. The molecule has 35 heavy (non-hydrogen) atoms. The number of nitrogens with zero attached hydrogens (tertiary/aromatic N) is 2. The predicted octanol–water partition coefficient (Wildman–Crippen LogP) is 3.76. The van der Waals surface area contributed by atoms with Crippen molar-refractivity contribution in [2.75, 3.05) is 51.3 Å². The van der Waals surface area contributed by atoms with Crippen LogP contribution in [0.4, 0.5) is 5.69 Å². The van der Waals surface area contributed by atoms with Gasteiger partial charge >= 0.3 is 5.63 Å². The fraction of sp³-hybridized carbons (Fsp3) is 0.429. The molecular weight excluding hydrogens is 442 g/mol. The minimum atomic E-state index is -0.386. The number of ether oxygens (including phenoxy) is 1. The lowest BCUT2D eigenvalue weighted by Crippen LogP contribution is -2.46. The average Bonchev–Trinajstić information content (AvgIpc) is 2.89. The number of benzene rings is 2. The Labute approximate surface area is 206 Å². The Morgan fingerprint density at radius 1 is 1.06 bits per heavy atom. The summed E-state index contributed by atoms with van der Waals surface area (Å²) in [7, 11) is 1.58. The van der Waals surface area contributed by atoms with Gasteiger partial charge in [0.1, 0.15) is 11.3 Å². The first-order valence-electron chi connectivity index (χ1n) is 12.4. The lowest BCUT2D eigenvalue weighted by Gasteiger charge is -2.36. The maximum Gasteiger partial charge on any atom is 0.339 e. The second-order valence-corrected chi connectivity index (χ2v) is 9.08. The molecule has 1 aliphatic heterocycles. The van der Waals surface area contributed by atoms with E-state index in [9.17, 15) is 9.59 Å². The fourth-order valence-electron chi connectivity index (χ4n) is 4.67. The molecule has 0 bridgehead atoms. The second-order valence-electron chi connectivity index (χ2n) is 9.08. The van der Waals surface area contributed by atoms with Crippen molar-refractivity contribution < 1.29 is 13.9 Å². The van der Waals surface area contributed by atoms with Gasteiger partial charge in [0, 0.05) is 61.8 Å². The summed E-state index contributed by atoms with van der Waals surface area (Å²) < 4.78 is 10.7. The molecule has 2 heterocycles. The first-order valence-corrected chi connectivity index (χ1v) is 12.4. The van der Waals surface area contributed by atoms with E-state index in [-0.39, 0.29) is 18.0 Å². The SMILES string of the molecule is COc1ccc2c(C)c(CCC(=O)NCCCCN3CCN(c4ccccc4)CC3)c(=O)oc2c1. The molecule has 0 atom stereocenters. The number of anilines is 1. The van der Waals surface area contributed by atoms with Gasteiger partial charge in [-0.2, -0.15) is 0 Å². The van der Waals surface area contributed by atoms with Crippen LogP contribution in [-0.4, -0.2) is 57.2 Å². The number of para-hydroxylation sites is 1. The summed E-state index contributed by atoms with van der Waals surface area (Å²) in [4.78, 5) is 29.7. The van der Waals surface area contributed by atoms with Crippen LogP contribution in [-0.2, 0) is 11.2 Å². The van der Waals surface area contributed by atoms with Crippen LogP contribution >= 0.6 is 0 Å². The minimum absolute atomic E-state index is 0.0323. The fourth-order valence-corrected chi connectivity index (χ4v) is 4.67. The van der Waals surface area contributed by atoms with E-state index in [1.165, 1.54) is 5.69 Å². The number of hydrogen-bond donors (Lipinski definition) is 1. The predicted molar refractivity (Wildman–Crippen MR) is 139 cm³/mol. The van der Waals surface area contributed by atoms with Crippen molar-refractivity contribution in [2.45, 2.75) is 32.6 Å². The Hall–Kier alpha value is -3.32. The van der Waals surface area contributed by atoms with Gasteiger partial charge < -0.3 is 19.4 Å². The van der Waals surface area contributed by atoms with Crippen molar-refractivity contribution in [1.29, 1.82) is 0 Å². The molecule has 7 heteroatoms. The number of unbranched alkanes of at least 4 members (excludes halogenated alkanes) is 1. The van der Waals surface area contributed by atoms with Gasteiger partial charge in [-0.1, -0.05) is 18.2 Å². The standard InChI is InChI=1S/C28H35N3O4/c1-21-24-11-10-23(34-2)20-26(24)35-28(33)25(21)12-13-27(32)29-14-6-7-15-30-16-18-31(19-17-30)22-8-4-3-5-9-22/h3-5,8-11,20H,6-7,12-19H2,1-2H3,(H,29,32). The maximum absolute atomic E-state index is 12.5. The minimum Gasteiger partial charge on any atom is -0.497 e. The highest BCUT2D eigenvalue weighted by Crippen LogP contribution is 2.24. The third-order valence-corrected chi connectivity index (χ3v) is 6.81. The molecule has 0 spiro atoms. The topological polar surface area (TPSA) is 75.0 Å². The lowest BCUT2D eigenvalue weighted by atomic mass is 10.0. The van der Waals surface area contributed by atoms with Gasteiger partial charge in [-0.05, 0) is 62.6 Å². The Balaban J connectivity index is 1.15. The zero-order chi connectivity index (χ0) is 24.6. The summed E-state index contributed by atoms with van der Waals surface area (Å²) in [6.45, 7) is 7.86. The number of methoxy groups -OCH3 is 1. The summed E-state index contributed by atoms with van der Waals surface area (Å²) >= 11 is 0. The van der Waals surface area contributed by atoms with Crippen molar-refractivity contribution in [3.05, 3.63) is 70.1 Å². The highest BCUT2D eigenvalue weighted by atomic mass is 16.5. The number of piperazine rings is 1. The Morgan fingerprint density at radius 3 is 2.57 bits per heavy atom. The first kappa shape index (κ1) is 24.8. The number of fused-ring (bicyclic) bond motifs is 1. The number of nitrogens with one attached hydrogen (secondary N) is 1. The maximum atomic E-state index is 12.5. The molecule has 0 aliphatic carbocycles. The molecule has 0 unspecified atom stereocenters. The van der Waals surface area contributed by atoms with Gasteiger partial charge in [-0.15, -0.1) is 0 Å². The number of aryl methyl sites for hydroxylation is 1. The van der Waals surface area contributed by atoms with Crippen LogP contribution in [0.5, 0.6) is 5.75 Å². The molecule has 1 N–H and O–H groups in total. The van der Waals surface area contributed by atoms with Gasteiger partial charge in [-0.3, -0.25) is 9.69 Å². The van der Waals surface area contributed by atoms with Crippen LogP contribution in [0.15, 0.2) is 57.7 Å². The van der Waals surface area contributed by atoms with E-state index in [1.807, 2.05) is 19.1 Å². The lowest BCUT2D eigenvalue weighted by molar-refractivity contribution is -0.121. The highest BCUT2D eigenvalue weighted by molar-refractivity contribution is 5.82. The van der Waals surface area contributed by atoms with E-state index in [1.54, 1.807) is 13.2 Å². The van der Waals surface area contributed by atoms with E-state index in [0.717, 1.165) is 56.5 Å². The number of hydrogen-bond acceptors (Lipinski definition) is 6. The van der Waals surface area contributed by atoms with Crippen molar-refractivity contribution in [2.24, 2.45) is 0 Å². The molecule has 1 aromatic heterocycles. The van der Waals surface area contributed by atoms with Crippen LogP contribution in [0, 0.1) is 6.92 Å². The van der Waals surface area contributed by atoms with Gasteiger partial charge in [0.15, 0.2) is 0 Å². The van der Waals surface area contributed by atoms with E-state index >= 15 is 0 Å². The number of rotatable bonds is 10. The summed E-state index contributed by atoms with van der Waals surface area (Å²) in [6.07, 6.45) is 2.65. The number of amides is 1. The molecule has 0 radical (unpaired) electrons. The van der Waals surface area contributed by atoms with E-state index in [0.29, 0.717) is 29.9 Å². The van der Waals surface area contributed by atoms with E-state index in [4.69, 9.17) is 9.15 Å². The van der Waals surface area contributed by atoms with Gasteiger partial charge in [0.2, 0.25) is 5.91 Å². The van der Waals surface area contributed by atoms with Crippen molar-refractivity contribution in [1.82, 2.24) is 10.2 Å². The second kappa shape index (κ2) is 11.9. The van der Waals surface area contributed by atoms with E-state index < -0.39 is 0 Å². The zero-order valence-electron chi connectivity index (χ0n) is 20.7. The monoisotopic (exact) mass is 477 g/mol. The quantitative estimate of drug-likeness (QED) is 0.354. The molecule has 186 valence electrons. The Kier molecular flexibility index (Phi) is 8.42. The number of carbonyl (C=O) groups excluding carboxylic acids is 1. The molecule has 0 saturated carbocycles. The summed E-state index contributed by atoms with van der Waals surface area (Å²) in [6, 6.07) is 16.0. The zero-order valence-corrected chi connectivity index (χ0v) is 20.7. The molecule has 1 amide bonds. The summed E-state index contributed by atoms with van der Waals surface area (Å²) in [5, 5.41) is 3.86. The average molecular weight is 478 g/mol. The van der Waals surface area contributed by atoms with Crippen LogP contribution in [0.25, 0.3) is 11.0 Å². The van der Waals surface area contributed by atoms with Crippen molar-refractivity contribution >= 4 is 22.6 Å². The molecule has 1 fully saturated rings. The Morgan fingerprint density at radius 2 is 1.83 bits per heavy atom. The molecule has 1 aliphatic rings. The largest absolute Gasteiger partial charge is 0.497 e. The molecule has 3 aromatic rings. The van der Waals surface area contributed by atoms with Crippen LogP contribution in [0.1, 0.15) is 30.4 Å². The van der Waals surface area contributed by atoms with Gasteiger partial charge in [-0.25, -0.2) is 4.79 Å². The van der Waals surface area contributed by atoms with Gasteiger partial charge in [0.25, 0.3) is 0 Å². The molecule has 1 saturated heterocycles. The third kappa shape index (κ3) is 6.42. The Bertz CT molecular complexity index is 1180. The molecule has 7 nitrogen and oxygen atoms in total. The third-order valence-electron chi connectivity index (χ3n) is 6.81. The van der Waals surface area contributed by atoms with Crippen molar-refractivity contribution in [3.63, 3.8) is 0 Å². The molecular formula is C28H35N3O4. The smallest absolute Gasteiger partial charge is 0.339 e.